The summed E-state index contributed by atoms with van der Waals surface area (Å²) in [5, 5.41) is 15.6. The number of carbonyl (C=O) groups excluding carboxylic acids is 3. The van der Waals surface area contributed by atoms with Crippen LogP contribution >= 0.6 is 23.1 Å². The molecule has 2 N–H and O–H groups in total. The van der Waals surface area contributed by atoms with Crippen molar-refractivity contribution >= 4 is 45.9 Å². The van der Waals surface area contributed by atoms with Crippen LogP contribution in [-0.4, -0.2) is 51.5 Å². The van der Waals surface area contributed by atoms with Gasteiger partial charge in [0.05, 0.1) is 37.5 Å². The van der Waals surface area contributed by atoms with Crippen LogP contribution in [0.1, 0.15) is 52.5 Å². The standard InChI is InChI=1S/C31H33N5O5S2/c1-3-40-22-15-13-21(14-16-22)36-25(18-32-26(37)17-20-9-6-5-7-10-20)34-35-31(36)42-19-27(38)33-29-28(30(39)41-4-2)23-11-8-12-24(23)43-29/h5-7,9-10,13-16H,3-4,8,11-12,17-19H2,1-2H3,(H,32,37)(H,33,38). The van der Waals surface area contributed by atoms with E-state index in [2.05, 4.69) is 20.8 Å². The van der Waals surface area contributed by atoms with E-state index in [1.54, 1.807) is 6.92 Å². The van der Waals surface area contributed by atoms with Crippen molar-refractivity contribution in [1.29, 1.82) is 0 Å². The molecule has 2 aromatic carbocycles. The van der Waals surface area contributed by atoms with Crippen LogP contribution in [0.3, 0.4) is 0 Å². The topological polar surface area (TPSA) is 124 Å². The lowest BCUT2D eigenvalue weighted by atomic mass is 10.1. The summed E-state index contributed by atoms with van der Waals surface area (Å²) in [4.78, 5) is 39.6. The van der Waals surface area contributed by atoms with E-state index >= 15 is 0 Å². The third-order valence-electron chi connectivity index (χ3n) is 6.74. The highest BCUT2D eigenvalue weighted by atomic mass is 32.2. The lowest BCUT2D eigenvalue weighted by Crippen LogP contribution is -2.26. The number of carbonyl (C=O) groups is 3. The van der Waals surface area contributed by atoms with Crippen LogP contribution in [0.4, 0.5) is 5.00 Å². The lowest BCUT2D eigenvalue weighted by Gasteiger charge is -2.12. The number of amides is 2. The van der Waals surface area contributed by atoms with E-state index < -0.39 is 5.97 Å². The Bertz CT molecular complexity index is 1580. The van der Waals surface area contributed by atoms with Crippen LogP contribution in [-0.2, 0) is 40.1 Å². The number of esters is 1. The third kappa shape index (κ3) is 7.44. The second-order valence-corrected chi connectivity index (χ2v) is 11.8. The molecule has 2 amide bonds. The first-order valence-corrected chi connectivity index (χ1v) is 16.0. The van der Waals surface area contributed by atoms with Gasteiger partial charge in [-0.25, -0.2) is 4.79 Å². The van der Waals surface area contributed by atoms with E-state index in [1.807, 2.05) is 66.1 Å². The number of aromatic nitrogens is 3. The van der Waals surface area contributed by atoms with Gasteiger partial charge in [-0.2, -0.15) is 0 Å². The minimum absolute atomic E-state index is 0.0420. The fourth-order valence-electron chi connectivity index (χ4n) is 4.85. The molecule has 0 saturated carbocycles. The van der Waals surface area contributed by atoms with Crippen molar-refractivity contribution in [3.8, 4) is 11.4 Å². The molecular formula is C31H33N5O5S2. The zero-order valence-corrected chi connectivity index (χ0v) is 25.7. The van der Waals surface area contributed by atoms with Gasteiger partial charge in [-0.15, -0.1) is 21.5 Å². The number of fused-ring (bicyclic) bond motifs is 1. The molecule has 4 aromatic rings. The Morgan fingerprint density at radius 2 is 1.77 bits per heavy atom. The molecule has 0 radical (unpaired) electrons. The first kappa shape index (κ1) is 30.3. The second-order valence-electron chi connectivity index (χ2n) is 9.72. The first-order valence-electron chi connectivity index (χ1n) is 14.2. The van der Waals surface area contributed by atoms with Gasteiger partial charge in [0.2, 0.25) is 11.8 Å². The number of nitrogens with zero attached hydrogens (tertiary/aromatic N) is 3. The summed E-state index contributed by atoms with van der Waals surface area (Å²) in [5.74, 6) is 0.480. The van der Waals surface area contributed by atoms with Crippen molar-refractivity contribution in [1.82, 2.24) is 20.1 Å². The molecule has 43 heavy (non-hydrogen) atoms. The van der Waals surface area contributed by atoms with Gasteiger partial charge < -0.3 is 20.1 Å². The fraction of sp³-hybridized carbons (Fsp3) is 0.323. The summed E-state index contributed by atoms with van der Waals surface area (Å²) in [7, 11) is 0. The smallest absolute Gasteiger partial charge is 0.341 e. The van der Waals surface area contributed by atoms with Crippen LogP contribution in [0.2, 0.25) is 0 Å². The summed E-state index contributed by atoms with van der Waals surface area (Å²) in [5.41, 5.74) is 3.14. The summed E-state index contributed by atoms with van der Waals surface area (Å²) in [6.07, 6.45) is 2.95. The maximum Gasteiger partial charge on any atom is 0.341 e. The molecule has 12 heteroatoms. The average Bonchev–Trinajstić information content (AvgIpc) is 3.71. The Kier molecular flexibility index (Phi) is 10.1. The number of aryl methyl sites for hydroxylation is 1. The van der Waals surface area contributed by atoms with Crippen molar-refractivity contribution in [2.24, 2.45) is 0 Å². The molecule has 0 atom stereocenters. The first-order chi connectivity index (χ1) is 21.0. The number of hydrogen-bond donors (Lipinski definition) is 2. The molecular weight excluding hydrogens is 587 g/mol. The van der Waals surface area contributed by atoms with Crippen LogP contribution in [0, 0.1) is 0 Å². The van der Waals surface area contributed by atoms with Gasteiger partial charge in [0.15, 0.2) is 11.0 Å². The SMILES string of the molecule is CCOC(=O)c1c(NC(=O)CSc2nnc(CNC(=O)Cc3ccccc3)n2-c2ccc(OCC)cc2)sc2c1CCC2. The number of hydrogen-bond acceptors (Lipinski definition) is 9. The monoisotopic (exact) mass is 619 g/mol. The highest BCUT2D eigenvalue weighted by Gasteiger charge is 2.28. The number of thioether (sulfide) groups is 1. The zero-order chi connectivity index (χ0) is 30.2. The molecule has 1 aliphatic carbocycles. The lowest BCUT2D eigenvalue weighted by molar-refractivity contribution is -0.120. The fourth-order valence-corrected chi connectivity index (χ4v) is 6.92. The van der Waals surface area contributed by atoms with Crippen LogP contribution in [0.15, 0.2) is 59.8 Å². The molecule has 0 fully saturated rings. The molecule has 0 aliphatic heterocycles. The van der Waals surface area contributed by atoms with Gasteiger partial charge in [-0.3, -0.25) is 14.2 Å². The molecule has 5 rings (SSSR count). The maximum atomic E-state index is 13.1. The molecule has 0 bridgehead atoms. The van der Waals surface area contributed by atoms with Crippen molar-refractivity contribution in [3.05, 3.63) is 82.0 Å². The predicted molar refractivity (Wildman–Crippen MR) is 166 cm³/mol. The second kappa shape index (κ2) is 14.3. The maximum absolute atomic E-state index is 13.1. The van der Waals surface area contributed by atoms with Crippen molar-refractivity contribution in [3.63, 3.8) is 0 Å². The predicted octanol–water partition coefficient (Wildman–Crippen LogP) is 4.98. The molecule has 0 saturated heterocycles. The molecule has 0 unspecified atom stereocenters. The van der Waals surface area contributed by atoms with Gasteiger partial charge in [0, 0.05) is 10.6 Å². The van der Waals surface area contributed by atoms with E-state index in [1.165, 1.54) is 23.1 Å². The number of ether oxygens (including phenoxy) is 2. The summed E-state index contributed by atoms with van der Waals surface area (Å²) < 4.78 is 12.7. The quantitative estimate of drug-likeness (QED) is 0.159. The Labute approximate surface area is 258 Å². The summed E-state index contributed by atoms with van der Waals surface area (Å²) >= 11 is 2.66. The minimum atomic E-state index is -0.404. The average molecular weight is 620 g/mol. The minimum Gasteiger partial charge on any atom is -0.494 e. The van der Waals surface area contributed by atoms with Crippen molar-refractivity contribution in [2.75, 3.05) is 24.3 Å². The van der Waals surface area contributed by atoms with Crippen molar-refractivity contribution < 1.29 is 23.9 Å². The molecule has 1 aliphatic rings. The van der Waals surface area contributed by atoms with Gasteiger partial charge >= 0.3 is 5.97 Å². The van der Waals surface area contributed by atoms with Crippen molar-refractivity contribution in [2.45, 2.75) is 51.2 Å². The summed E-state index contributed by atoms with van der Waals surface area (Å²) in [6.45, 7) is 4.66. The Morgan fingerprint density at radius 1 is 0.977 bits per heavy atom. The van der Waals surface area contributed by atoms with E-state index in [4.69, 9.17) is 9.47 Å². The van der Waals surface area contributed by atoms with Gasteiger partial charge in [0.25, 0.3) is 0 Å². The molecule has 10 nitrogen and oxygen atoms in total. The number of rotatable bonds is 13. The van der Waals surface area contributed by atoms with Crippen LogP contribution in [0.5, 0.6) is 5.75 Å². The van der Waals surface area contributed by atoms with E-state index in [0.717, 1.165) is 46.7 Å². The number of nitrogens with one attached hydrogen (secondary N) is 2. The Morgan fingerprint density at radius 3 is 2.51 bits per heavy atom. The molecule has 2 aromatic heterocycles. The largest absolute Gasteiger partial charge is 0.494 e. The molecule has 224 valence electrons. The van der Waals surface area contributed by atoms with Gasteiger partial charge in [-0.05, 0) is 68.5 Å². The third-order valence-corrected chi connectivity index (χ3v) is 8.88. The van der Waals surface area contributed by atoms with Crippen LogP contribution in [0.25, 0.3) is 5.69 Å². The molecule has 0 spiro atoms. The highest BCUT2D eigenvalue weighted by molar-refractivity contribution is 7.99. The van der Waals surface area contributed by atoms with E-state index in [-0.39, 0.29) is 37.1 Å². The zero-order valence-electron chi connectivity index (χ0n) is 24.1. The highest BCUT2D eigenvalue weighted by Crippen LogP contribution is 2.39. The Balaban J connectivity index is 1.31. The van der Waals surface area contributed by atoms with Gasteiger partial charge in [-0.1, -0.05) is 42.1 Å². The normalized spacial score (nSPS) is 12.0. The number of thiophene rings is 1. The van der Waals surface area contributed by atoms with Gasteiger partial charge in [0.1, 0.15) is 10.8 Å². The van der Waals surface area contributed by atoms with Crippen LogP contribution < -0.4 is 15.4 Å². The number of anilines is 1. The van der Waals surface area contributed by atoms with E-state index in [0.29, 0.717) is 28.2 Å². The van der Waals surface area contributed by atoms with E-state index in [9.17, 15) is 14.4 Å². The Hall–Kier alpha value is -4.16. The summed E-state index contributed by atoms with van der Waals surface area (Å²) in [6, 6.07) is 17.0. The number of benzene rings is 2. The molecule has 2 heterocycles.